The number of halogens is 3. The number of carbonyl (C=O) groups is 1. The van der Waals surface area contributed by atoms with Crippen LogP contribution < -0.4 is 0 Å². The van der Waals surface area contributed by atoms with Gasteiger partial charge in [0.25, 0.3) is 5.91 Å². The summed E-state index contributed by atoms with van der Waals surface area (Å²) in [6.45, 7) is 6.13. The number of amides is 1. The summed E-state index contributed by atoms with van der Waals surface area (Å²) in [5, 5.41) is -0.537. The average molecular weight is 469 g/mol. The second kappa shape index (κ2) is 9.62. The van der Waals surface area contributed by atoms with Crippen LogP contribution in [0.3, 0.4) is 0 Å². The molecule has 1 amide bonds. The van der Waals surface area contributed by atoms with Gasteiger partial charge in [-0.2, -0.15) is 13.2 Å². The fourth-order valence-corrected chi connectivity index (χ4v) is 4.69. The van der Waals surface area contributed by atoms with Crippen molar-refractivity contribution in [3.63, 3.8) is 0 Å². The third-order valence-electron chi connectivity index (χ3n) is 5.61. The van der Waals surface area contributed by atoms with E-state index in [1.165, 1.54) is 24.3 Å². The lowest BCUT2D eigenvalue weighted by atomic mass is 10.1. The summed E-state index contributed by atoms with van der Waals surface area (Å²) >= 11 is 0. The van der Waals surface area contributed by atoms with E-state index in [1.807, 2.05) is 0 Å². The lowest BCUT2D eigenvalue weighted by Crippen LogP contribution is -2.35. The maximum atomic E-state index is 12.9. The van der Waals surface area contributed by atoms with Crippen molar-refractivity contribution >= 4 is 15.7 Å². The molecule has 0 saturated carbocycles. The van der Waals surface area contributed by atoms with Gasteiger partial charge in [-0.25, -0.2) is 8.42 Å². The highest BCUT2D eigenvalue weighted by atomic mass is 32.2. The first kappa shape index (κ1) is 24.3. The Bertz CT molecular complexity index is 1030. The highest BCUT2D eigenvalue weighted by Crippen LogP contribution is 2.29. The van der Waals surface area contributed by atoms with Crippen LogP contribution in [-0.2, 0) is 22.6 Å². The van der Waals surface area contributed by atoms with Crippen LogP contribution in [0.1, 0.15) is 41.8 Å². The number of sulfone groups is 1. The van der Waals surface area contributed by atoms with Gasteiger partial charge in [-0.15, -0.1) is 0 Å². The molecule has 0 spiro atoms. The van der Waals surface area contributed by atoms with E-state index in [0.717, 1.165) is 30.7 Å². The van der Waals surface area contributed by atoms with Crippen molar-refractivity contribution in [2.24, 2.45) is 0 Å². The van der Waals surface area contributed by atoms with E-state index in [4.69, 9.17) is 0 Å². The van der Waals surface area contributed by atoms with Gasteiger partial charge in [0.2, 0.25) is 0 Å². The van der Waals surface area contributed by atoms with E-state index >= 15 is 0 Å². The quantitative estimate of drug-likeness (QED) is 0.659. The summed E-state index contributed by atoms with van der Waals surface area (Å²) in [6, 6.07) is 11.2. The van der Waals surface area contributed by atoms with E-state index < -0.39 is 26.8 Å². The number of benzene rings is 2. The fraction of sp³-hybridized carbons (Fsp3) is 0.435. The van der Waals surface area contributed by atoms with Crippen molar-refractivity contribution in [2.75, 3.05) is 26.2 Å². The van der Waals surface area contributed by atoms with Gasteiger partial charge < -0.3 is 4.90 Å². The van der Waals surface area contributed by atoms with Crippen LogP contribution in [0, 0.1) is 0 Å². The van der Waals surface area contributed by atoms with Crippen molar-refractivity contribution < 1.29 is 26.4 Å². The van der Waals surface area contributed by atoms with Gasteiger partial charge >= 0.3 is 6.18 Å². The van der Waals surface area contributed by atoms with E-state index in [1.54, 1.807) is 30.9 Å². The second-order valence-electron chi connectivity index (χ2n) is 8.23. The normalized spacial score (nSPS) is 16.2. The van der Waals surface area contributed by atoms with Crippen molar-refractivity contribution in [2.45, 2.75) is 43.1 Å². The molecule has 5 nitrogen and oxygen atoms in total. The Balaban J connectivity index is 1.60. The van der Waals surface area contributed by atoms with Crippen LogP contribution in [0.4, 0.5) is 13.2 Å². The van der Waals surface area contributed by atoms with E-state index in [2.05, 4.69) is 4.90 Å². The van der Waals surface area contributed by atoms with Crippen molar-refractivity contribution in [1.82, 2.24) is 9.80 Å². The monoisotopic (exact) mass is 468 g/mol. The molecular weight excluding hydrogens is 441 g/mol. The van der Waals surface area contributed by atoms with Crippen LogP contribution in [0.2, 0.25) is 0 Å². The molecule has 2 aromatic rings. The average Bonchev–Trinajstić information content (AvgIpc) is 2.98. The minimum absolute atomic E-state index is 0.158. The molecule has 0 aliphatic carbocycles. The zero-order valence-corrected chi connectivity index (χ0v) is 18.9. The van der Waals surface area contributed by atoms with Gasteiger partial charge in [0.05, 0.1) is 15.7 Å². The van der Waals surface area contributed by atoms with Crippen molar-refractivity contribution in [3.8, 4) is 0 Å². The highest BCUT2D eigenvalue weighted by molar-refractivity contribution is 7.92. The van der Waals surface area contributed by atoms with E-state index in [0.29, 0.717) is 31.7 Å². The molecule has 9 heteroatoms. The Morgan fingerprint density at radius 1 is 0.938 bits per heavy atom. The summed E-state index contributed by atoms with van der Waals surface area (Å²) in [5.74, 6) is -0.158. The predicted molar refractivity (Wildman–Crippen MR) is 116 cm³/mol. The van der Waals surface area contributed by atoms with Crippen molar-refractivity contribution in [1.29, 1.82) is 0 Å². The molecule has 32 heavy (non-hydrogen) atoms. The van der Waals surface area contributed by atoms with Crippen LogP contribution in [0.15, 0.2) is 53.4 Å². The maximum Gasteiger partial charge on any atom is 0.416 e. The fourth-order valence-electron chi connectivity index (χ4n) is 3.63. The Labute approximate surface area is 186 Å². The van der Waals surface area contributed by atoms with E-state index in [9.17, 15) is 26.4 Å². The molecular formula is C23H27F3N2O3S. The first-order valence-corrected chi connectivity index (χ1v) is 12.0. The molecule has 174 valence electrons. The van der Waals surface area contributed by atoms with Crippen molar-refractivity contribution in [3.05, 3.63) is 65.2 Å². The standard InChI is InChI=1S/C23H27F3N2O3S/c1-17(2)32(30,31)21-10-6-19(7-11-21)22(29)28-13-3-12-27(14-15-28)16-18-4-8-20(9-5-18)23(24,25)26/h4-11,17H,3,12-16H2,1-2H3. The van der Waals surface area contributed by atoms with Gasteiger partial charge in [0, 0.05) is 38.3 Å². The summed E-state index contributed by atoms with van der Waals surface area (Å²) in [4.78, 5) is 16.9. The minimum atomic E-state index is -4.35. The Morgan fingerprint density at radius 3 is 2.12 bits per heavy atom. The molecule has 1 heterocycles. The van der Waals surface area contributed by atoms with Gasteiger partial charge in [-0.3, -0.25) is 9.69 Å². The second-order valence-corrected chi connectivity index (χ2v) is 10.7. The Kier molecular flexibility index (Phi) is 7.29. The van der Waals surface area contributed by atoms with Crippen LogP contribution in [0.5, 0.6) is 0 Å². The zero-order valence-electron chi connectivity index (χ0n) is 18.1. The molecule has 2 aromatic carbocycles. The first-order chi connectivity index (χ1) is 15.0. The van der Waals surface area contributed by atoms with Gasteiger partial charge in [0.15, 0.2) is 9.84 Å². The lowest BCUT2D eigenvalue weighted by Gasteiger charge is -2.22. The molecule has 0 unspecified atom stereocenters. The minimum Gasteiger partial charge on any atom is -0.337 e. The molecule has 0 atom stereocenters. The highest BCUT2D eigenvalue weighted by Gasteiger charge is 2.30. The number of nitrogens with zero attached hydrogens (tertiary/aromatic N) is 2. The van der Waals surface area contributed by atoms with E-state index in [-0.39, 0.29) is 10.8 Å². The van der Waals surface area contributed by atoms with Crippen LogP contribution >= 0.6 is 0 Å². The molecule has 0 N–H and O–H groups in total. The molecule has 1 saturated heterocycles. The van der Waals surface area contributed by atoms with Gasteiger partial charge in [-0.1, -0.05) is 12.1 Å². The summed E-state index contributed by atoms with van der Waals surface area (Å²) < 4.78 is 62.7. The Hall–Kier alpha value is -2.39. The van der Waals surface area contributed by atoms with Crippen LogP contribution in [-0.4, -0.2) is 55.6 Å². The van der Waals surface area contributed by atoms with Crippen LogP contribution in [0.25, 0.3) is 0 Å². The SMILES string of the molecule is CC(C)S(=O)(=O)c1ccc(C(=O)N2CCCN(Cc3ccc(C(F)(F)F)cc3)CC2)cc1. The third kappa shape index (κ3) is 5.69. The third-order valence-corrected chi connectivity index (χ3v) is 7.78. The number of hydrogen-bond acceptors (Lipinski definition) is 4. The molecule has 0 bridgehead atoms. The van der Waals surface area contributed by atoms with Gasteiger partial charge in [0.1, 0.15) is 0 Å². The number of rotatable bonds is 5. The molecule has 0 aromatic heterocycles. The smallest absolute Gasteiger partial charge is 0.337 e. The number of alkyl halides is 3. The largest absolute Gasteiger partial charge is 0.416 e. The predicted octanol–water partition coefficient (Wildman–Crippen LogP) is 4.24. The lowest BCUT2D eigenvalue weighted by molar-refractivity contribution is -0.137. The maximum absolute atomic E-state index is 12.9. The molecule has 1 aliphatic rings. The first-order valence-electron chi connectivity index (χ1n) is 10.5. The summed E-state index contributed by atoms with van der Waals surface area (Å²) in [6.07, 6.45) is -3.61. The molecule has 0 radical (unpaired) electrons. The number of hydrogen-bond donors (Lipinski definition) is 0. The molecule has 1 aliphatic heterocycles. The van der Waals surface area contributed by atoms with Gasteiger partial charge in [-0.05, 0) is 62.2 Å². The number of carbonyl (C=O) groups excluding carboxylic acids is 1. The Morgan fingerprint density at radius 2 is 1.56 bits per heavy atom. The summed E-state index contributed by atoms with van der Waals surface area (Å²) in [5.41, 5.74) is 0.560. The topological polar surface area (TPSA) is 57.7 Å². The zero-order chi connectivity index (χ0) is 23.5. The molecule has 3 rings (SSSR count). The molecule has 1 fully saturated rings. The summed E-state index contributed by atoms with van der Waals surface area (Å²) in [7, 11) is -3.39.